The minimum absolute atomic E-state index is 0.0190. The minimum Gasteiger partial charge on any atom is -0.486 e. The van der Waals surface area contributed by atoms with E-state index in [4.69, 9.17) is 9.47 Å². The van der Waals surface area contributed by atoms with Crippen LogP contribution in [0, 0.1) is 5.82 Å². The molecule has 1 amide bonds. The molecule has 3 aliphatic heterocycles. The number of halogens is 1. The van der Waals surface area contributed by atoms with Crippen LogP contribution >= 0.6 is 0 Å². The van der Waals surface area contributed by atoms with Gasteiger partial charge >= 0.3 is 0 Å². The fourth-order valence-electron chi connectivity index (χ4n) is 5.34. The van der Waals surface area contributed by atoms with Gasteiger partial charge in [-0.2, -0.15) is 0 Å². The van der Waals surface area contributed by atoms with Crippen LogP contribution in [0.25, 0.3) is 0 Å². The van der Waals surface area contributed by atoms with E-state index in [0.717, 1.165) is 57.5 Å². The van der Waals surface area contributed by atoms with Gasteiger partial charge in [0.1, 0.15) is 19.3 Å². The molecule has 0 bridgehead atoms. The predicted molar refractivity (Wildman–Crippen MR) is 137 cm³/mol. The molecule has 0 aliphatic carbocycles. The number of rotatable bonds is 8. The smallest absolute Gasteiger partial charge is 0.292 e. The molecule has 2 N–H and O–H groups in total. The molecule has 0 unspecified atom stereocenters. The summed E-state index contributed by atoms with van der Waals surface area (Å²) in [6, 6.07) is 9.02. The van der Waals surface area contributed by atoms with Gasteiger partial charge in [0.05, 0.1) is 6.04 Å². The molecular weight excluding hydrogens is 477 g/mol. The van der Waals surface area contributed by atoms with Crippen molar-refractivity contribution < 1.29 is 28.6 Å². The van der Waals surface area contributed by atoms with Gasteiger partial charge in [-0.1, -0.05) is 0 Å². The van der Waals surface area contributed by atoms with E-state index in [2.05, 4.69) is 15.1 Å². The van der Waals surface area contributed by atoms with E-state index in [-0.39, 0.29) is 35.8 Å². The van der Waals surface area contributed by atoms with Gasteiger partial charge in [-0.15, -0.1) is 0 Å². The van der Waals surface area contributed by atoms with Gasteiger partial charge < -0.3 is 29.7 Å². The van der Waals surface area contributed by atoms with Gasteiger partial charge in [-0.05, 0) is 87.2 Å². The Kier molecular flexibility index (Phi) is 7.90. The summed E-state index contributed by atoms with van der Waals surface area (Å²) in [6.07, 6.45) is 4.34. The summed E-state index contributed by atoms with van der Waals surface area (Å²) in [5.74, 6) is -1.87. The third-order valence-corrected chi connectivity index (χ3v) is 7.37. The number of aliphatic hydroxyl groups is 1. The Morgan fingerprint density at radius 3 is 2.35 bits per heavy atom. The third kappa shape index (κ3) is 5.88. The summed E-state index contributed by atoms with van der Waals surface area (Å²) in [4.78, 5) is 30.4. The number of aliphatic hydroxyl groups excluding tert-OH is 1. The molecule has 5 rings (SSSR count). The number of anilines is 1. The molecule has 37 heavy (non-hydrogen) atoms. The lowest BCUT2D eigenvalue weighted by Gasteiger charge is -2.29. The molecule has 0 saturated carbocycles. The summed E-state index contributed by atoms with van der Waals surface area (Å²) in [6.45, 7) is 4.52. The van der Waals surface area contributed by atoms with Gasteiger partial charge in [0, 0.05) is 30.9 Å². The predicted octanol–water partition coefficient (Wildman–Crippen LogP) is 3.08. The maximum atomic E-state index is 14.7. The second-order valence-corrected chi connectivity index (χ2v) is 9.98. The van der Waals surface area contributed by atoms with E-state index in [1.54, 1.807) is 12.1 Å². The highest BCUT2D eigenvalue weighted by atomic mass is 19.1. The van der Waals surface area contributed by atoms with Crippen LogP contribution in [-0.2, 0) is 4.79 Å². The molecule has 0 aromatic heterocycles. The van der Waals surface area contributed by atoms with Crippen molar-refractivity contribution in [3.8, 4) is 11.5 Å². The van der Waals surface area contributed by atoms with Crippen LogP contribution in [0.15, 0.2) is 36.4 Å². The number of ether oxygens (including phenoxy) is 2. The Bertz CT molecular complexity index is 1110. The van der Waals surface area contributed by atoms with Crippen molar-refractivity contribution in [2.24, 2.45) is 0 Å². The summed E-state index contributed by atoms with van der Waals surface area (Å²) in [5.41, 5.74) is 1.59. The minimum atomic E-state index is -1.25. The zero-order valence-corrected chi connectivity index (χ0v) is 21.0. The Balaban J connectivity index is 1.31. The molecular formula is C28H34FN3O5. The van der Waals surface area contributed by atoms with Crippen LogP contribution in [0.4, 0.5) is 10.1 Å². The molecule has 198 valence electrons. The topological polar surface area (TPSA) is 91.3 Å². The first-order chi connectivity index (χ1) is 18.0. The van der Waals surface area contributed by atoms with Gasteiger partial charge in [0.2, 0.25) is 5.78 Å². The number of amides is 1. The second kappa shape index (κ2) is 11.5. The number of ketones is 1. The fraction of sp³-hybridized carbons (Fsp3) is 0.500. The van der Waals surface area contributed by atoms with Gasteiger partial charge in [-0.25, -0.2) is 4.39 Å². The van der Waals surface area contributed by atoms with Crippen LogP contribution in [-0.4, -0.2) is 73.7 Å². The fourth-order valence-corrected chi connectivity index (χ4v) is 5.34. The summed E-state index contributed by atoms with van der Waals surface area (Å²) in [5, 5.41) is 14.0. The van der Waals surface area contributed by atoms with Crippen molar-refractivity contribution >= 4 is 17.4 Å². The first kappa shape index (κ1) is 25.5. The number of fused-ring (bicyclic) bond motifs is 1. The molecule has 2 aromatic carbocycles. The summed E-state index contributed by atoms with van der Waals surface area (Å²) in [7, 11) is 0. The second-order valence-electron chi connectivity index (χ2n) is 9.98. The van der Waals surface area contributed by atoms with Crippen molar-refractivity contribution in [1.29, 1.82) is 0 Å². The quantitative estimate of drug-likeness (QED) is 0.416. The number of benzene rings is 2. The van der Waals surface area contributed by atoms with Gasteiger partial charge in [0.25, 0.3) is 5.91 Å². The average Bonchev–Trinajstić information content (AvgIpc) is 3.45. The Hall–Kier alpha value is -3.17. The summed E-state index contributed by atoms with van der Waals surface area (Å²) >= 11 is 0. The molecule has 2 fully saturated rings. The zero-order chi connectivity index (χ0) is 25.8. The lowest BCUT2D eigenvalue weighted by molar-refractivity contribution is -0.118. The third-order valence-electron chi connectivity index (χ3n) is 7.37. The maximum Gasteiger partial charge on any atom is 0.292 e. The van der Waals surface area contributed by atoms with Crippen LogP contribution in [0.1, 0.15) is 54.1 Å². The number of carbonyl (C=O) groups excluding carboxylic acids is 2. The zero-order valence-electron chi connectivity index (χ0n) is 21.0. The Morgan fingerprint density at radius 2 is 1.62 bits per heavy atom. The van der Waals surface area contributed by atoms with Crippen LogP contribution in [0.5, 0.6) is 11.5 Å². The molecule has 2 saturated heterocycles. The van der Waals surface area contributed by atoms with Crippen molar-refractivity contribution in [1.82, 2.24) is 10.2 Å². The number of hydrogen-bond donors (Lipinski definition) is 2. The van der Waals surface area contributed by atoms with E-state index in [0.29, 0.717) is 6.54 Å². The number of nitrogens with zero attached hydrogens (tertiary/aromatic N) is 2. The molecule has 8 nitrogen and oxygen atoms in total. The van der Waals surface area contributed by atoms with E-state index in [1.807, 2.05) is 12.1 Å². The highest BCUT2D eigenvalue weighted by Crippen LogP contribution is 2.36. The Labute approximate surface area is 216 Å². The van der Waals surface area contributed by atoms with Crippen LogP contribution in [0.2, 0.25) is 0 Å². The molecule has 9 heteroatoms. The molecule has 2 atom stereocenters. The monoisotopic (exact) mass is 511 g/mol. The highest BCUT2D eigenvalue weighted by Gasteiger charge is 2.31. The van der Waals surface area contributed by atoms with Crippen LogP contribution < -0.4 is 19.7 Å². The normalized spacial score (nSPS) is 19.4. The highest BCUT2D eigenvalue weighted by molar-refractivity contribution is 6.42. The van der Waals surface area contributed by atoms with Crippen molar-refractivity contribution in [2.75, 3.05) is 50.8 Å². The molecule has 3 aliphatic rings. The number of likely N-dealkylation sites (tertiary alicyclic amines) is 1. The van der Waals surface area contributed by atoms with Crippen molar-refractivity contribution in [3.63, 3.8) is 0 Å². The molecule has 3 heterocycles. The van der Waals surface area contributed by atoms with E-state index >= 15 is 0 Å². The van der Waals surface area contributed by atoms with E-state index in [1.165, 1.54) is 18.6 Å². The lowest BCUT2D eigenvalue weighted by Crippen LogP contribution is -2.48. The standard InChI is InChI=1S/C28H34FN3O5/c29-22-16-20(17-24-27(22)37-15-14-36-24)25(33)23(18-31-10-4-5-11-31)30-28(35)26(34)19-6-8-21(9-7-19)32-12-2-1-3-13-32/h6-9,16-17,23,25,33H,1-5,10-15,18H2,(H,30,35)/t23-,25-/m1/s1. The summed E-state index contributed by atoms with van der Waals surface area (Å²) < 4.78 is 25.5. The number of piperidine rings is 1. The van der Waals surface area contributed by atoms with Crippen LogP contribution in [0.3, 0.4) is 0 Å². The lowest BCUT2D eigenvalue weighted by atomic mass is 9.99. The van der Waals surface area contributed by atoms with E-state index in [9.17, 15) is 19.1 Å². The first-order valence-electron chi connectivity index (χ1n) is 13.2. The number of Topliss-reactive ketones (excluding diaryl/α,β-unsaturated/α-hetero) is 1. The Morgan fingerprint density at radius 1 is 0.946 bits per heavy atom. The van der Waals surface area contributed by atoms with Gasteiger partial charge in [0.15, 0.2) is 17.3 Å². The van der Waals surface area contributed by atoms with Gasteiger partial charge in [-0.3, -0.25) is 9.59 Å². The number of nitrogens with one attached hydrogen (secondary N) is 1. The average molecular weight is 512 g/mol. The van der Waals surface area contributed by atoms with Crippen molar-refractivity contribution in [2.45, 2.75) is 44.2 Å². The van der Waals surface area contributed by atoms with Crippen molar-refractivity contribution in [3.05, 3.63) is 53.3 Å². The largest absolute Gasteiger partial charge is 0.486 e. The number of hydrogen-bond acceptors (Lipinski definition) is 7. The number of carbonyl (C=O) groups is 2. The SMILES string of the molecule is O=C(N[C@H](CN1CCCC1)[C@H](O)c1cc(F)c2c(c1)OCCO2)C(=O)c1ccc(N2CCCCC2)cc1. The van der Waals surface area contributed by atoms with E-state index < -0.39 is 29.7 Å². The molecule has 0 radical (unpaired) electrons. The molecule has 2 aromatic rings. The molecule has 0 spiro atoms. The first-order valence-corrected chi connectivity index (χ1v) is 13.2. The maximum absolute atomic E-state index is 14.7.